The zero-order chi connectivity index (χ0) is 16.2. The van der Waals surface area contributed by atoms with Crippen LogP contribution >= 0.6 is 0 Å². The van der Waals surface area contributed by atoms with E-state index in [0.717, 1.165) is 5.69 Å². The van der Waals surface area contributed by atoms with Crippen molar-refractivity contribution in [3.05, 3.63) is 54.6 Å². The lowest BCUT2D eigenvalue weighted by Gasteiger charge is -2.18. The Hall–Kier alpha value is -2.93. The van der Waals surface area contributed by atoms with Crippen LogP contribution in [-0.4, -0.2) is 45.6 Å². The first-order valence-corrected chi connectivity index (χ1v) is 7.20. The standard InChI is InChI=1S/C16H17N5O2/c1-20(9-10-22)13-5-3-12(4-6-13)18-15(23)14-11-21-8-2-7-17-16(21)19-14/h2-8,11,22H,9-10H2,1H3,(H,18,23). The molecule has 0 radical (unpaired) electrons. The van der Waals surface area contributed by atoms with Crippen molar-refractivity contribution in [1.82, 2.24) is 14.4 Å². The predicted molar refractivity (Wildman–Crippen MR) is 87.7 cm³/mol. The van der Waals surface area contributed by atoms with Gasteiger partial charge in [-0.25, -0.2) is 9.97 Å². The molecule has 1 aromatic carbocycles. The molecule has 0 fully saturated rings. The Balaban J connectivity index is 1.72. The number of carbonyl (C=O) groups excluding carboxylic acids is 1. The summed E-state index contributed by atoms with van der Waals surface area (Å²) in [5.74, 6) is 0.200. The topological polar surface area (TPSA) is 82.8 Å². The van der Waals surface area contributed by atoms with Gasteiger partial charge in [0.1, 0.15) is 5.69 Å². The summed E-state index contributed by atoms with van der Waals surface area (Å²) in [6, 6.07) is 9.18. The number of imidazole rings is 1. The Bertz CT molecular complexity index is 780. The number of likely N-dealkylation sites (N-methyl/N-ethyl adjacent to an activating group) is 1. The monoisotopic (exact) mass is 311 g/mol. The number of hydrogen-bond acceptors (Lipinski definition) is 5. The number of fused-ring (bicyclic) bond motifs is 1. The molecule has 2 aromatic heterocycles. The number of aliphatic hydroxyl groups excluding tert-OH is 1. The van der Waals surface area contributed by atoms with Crippen LogP contribution in [0.2, 0.25) is 0 Å². The predicted octanol–water partition coefficient (Wildman–Crippen LogP) is 1.41. The quantitative estimate of drug-likeness (QED) is 0.744. The summed E-state index contributed by atoms with van der Waals surface area (Å²) in [5, 5.41) is 11.8. The highest BCUT2D eigenvalue weighted by atomic mass is 16.3. The largest absolute Gasteiger partial charge is 0.395 e. The van der Waals surface area contributed by atoms with E-state index >= 15 is 0 Å². The molecular formula is C16H17N5O2. The van der Waals surface area contributed by atoms with E-state index < -0.39 is 0 Å². The van der Waals surface area contributed by atoms with Crippen molar-refractivity contribution in [1.29, 1.82) is 0 Å². The number of carbonyl (C=O) groups is 1. The maximum Gasteiger partial charge on any atom is 0.275 e. The first-order chi connectivity index (χ1) is 11.2. The minimum Gasteiger partial charge on any atom is -0.395 e. The lowest BCUT2D eigenvalue weighted by Crippen LogP contribution is -2.21. The van der Waals surface area contributed by atoms with Crippen LogP contribution in [0.4, 0.5) is 11.4 Å². The lowest BCUT2D eigenvalue weighted by molar-refractivity contribution is 0.102. The van der Waals surface area contributed by atoms with Crippen LogP contribution in [0.3, 0.4) is 0 Å². The van der Waals surface area contributed by atoms with Gasteiger partial charge in [0.15, 0.2) is 0 Å². The van der Waals surface area contributed by atoms with Gasteiger partial charge in [0, 0.05) is 43.6 Å². The third-order valence-corrected chi connectivity index (χ3v) is 3.47. The number of amides is 1. The van der Waals surface area contributed by atoms with Gasteiger partial charge in [-0.1, -0.05) is 0 Å². The Kier molecular flexibility index (Phi) is 4.20. The van der Waals surface area contributed by atoms with Crippen molar-refractivity contribution in [3.8, 4) is 0 Å². The van der Waals surface area contributed by atoms with E-state index in [0.29, 0.717) is 23.7 Å². The normalized spacial score (nSPS) is 10.7. The zero-order valence-corrected chi connectivity index (χ0v) is 12.7. The molecule has 0 bridgehead atoms. The van der Waals surface area contributed by atoms with Crippen molar-refractivity contribution >= 4 is 23.1 Å². The fourth-order valence-corrected chi connectivity index (χ4v) is 2.21. The van der Waals surface area contributed by atoms with Gasteiger partial charge < -0.3 is 15.3 Å². The first kappa shape index (κ1) is 15.0. The number of aromatic nitrogens is 3. The molecule has 7 nitrogen and oxygen atoms in total. The zero-order valence-electron chi connectivity index (χ0n) is 12.7. The first-order valence-electron chi connectivity index (χ1n) is 7.20. The molecule has 23 heavy (non-hydrogen) atoms. The summed E-state index contributed by atoms with van der Waals surface area (Å²) in [6.07, 6.45) is 5.06. The van der Waals surface area contributed by atoms with Gasteiger partial charge >= 0.3 is 0 Å². The molecule has 3 rings (SSSR count). The lowest BCUT2D eigenvalue weighted by atomic mass is 10.2. The minimum absolute atomic E-state index is 0.0942. The Morgan fingerprint density at radius 1 is 1.35 bits per heavy atom. The van der Waals surface area contributed by atoms with Gasteiger partial charge in [0.25, 0.3) is 5.91 Å². The highest BCUT2D eigenvalue weighted by Crippen LogP contribution is 2.17. The van der Waals surface area contributed by atoms with Crippen LogP contribution in [-0.2, 0) is 0 Å². The van der Waals surface area contributed by atoms with Gasteiger partial charge in [-0.05, 0) is 30.3 Å². The summed E-state index contributed by atoms with van der Waals surface area (Å²) in [6.45, 7) is 0.650. The number of hydrogen-bond donors (Lipinski definition) is 2. The fourth-order valence-electron chi connectivity index (χ4n) is 2.21. The van der Waals surface area contributed by atoms with Gasteiger partial charge in [0.2, 0.25) is 5.78 Å². The smallest absolute Gasteiger partial charge is 0.275 e. The number of nitrogens with zero attached hydrogens (tertiary/aromatic N) is 4. The number of rotatable bonds is 5. The third-order valence-electron chi connectivity index (χ3n) is 3.47. The third kappa shape index (κ3) is 3.29. The average Bonchev–Trinajstić information content (AvgIpc) is 3.00. The molecule has 0 aliphatic rings. The van der Waals surface area contributed by atoms with E-state index in [-0.39, 0.29) is 12.5 Å². The van der Waals surface area contributed by atoms with Gasteiger partial charge in [-0.15, -0.1) is 0 Å². The average molecular weight is 311 g/mol. The van der Waals surface area contributed by atoms with Gasteiger partial charge in [0.05, 0.1) is 6.61 Å². The second-order valence-corrected chi connectivity index (χ2v) is 5.10. The summed E-state index contributed by atoms with van der Waals surface area (Å²) in [5.41, 5.74) is 1.96. The van der Waals surface area contributed by atoms with E-state index in [1.807, 2.05) is 36.2 Å². The molecule has 0 aliphatic carbocycles. The van der Waals surface area contributed by atoms with Gasteiger partial charge in [-0.2, -0.15) is 0 Å². The van der Waals surface area contributed by atoms with Crippen molar-refractivity contribution in [3.63, 3.8) is 0 Å². The van der Waals surface area contributed by atoms with Crippen LogP contribution in [0.5, 0.6) is 0 Å². The minimum atomic E-state index is -0.285. The molecule has 0 spiro atoms. The van der Waals surface area contributed by atoms with Crippen molar-refractivity contribution < 1.29 is 9.90 Å². The molecule has 3 aromatic rings. The molecule has 7 heteroatoms. The Morgan fingerprint density at radius 2 is 2.13 bits per heavy atom. The van der Waals surface area contributed by atoms with Gasteiger partial charge in [-0.3, -0.25) is 9.20 Å². The molecule has 0 saturated heterocycles. The number of aliphatic hydroxyl groups is 1. The Morgan fingerprint density at radius 3 is 2.83 bits per heavy atom. The second-order valence-electron chi connectivity index (χ2n) is 5.10. The van der Waals surface area contributed by atoms with Crippen LogP contribution in [0.1, 0.15) is 10.5 Å². The van der Waals surface area contributed by atoms with Crippen LogP contribution < -0.4 is 10.2 Å². The Labute approximate surface area is 133 Å². The maximum absolute atomic E-state index is 12.2. The molecular weight excluding hydrogens is 294 g/mol. The van der Waals surface area contributed by atoms with E-state index in [1.54, 1.807) is 29.1 Å². The molecule has 0 unspecified atom stereocenters. The van der Waals surface area contributed by atoms with Crippen molar-refractivity contribution in [2.45, 2.75) is 0 Å². The maximum atomic E-state index is 12.2. The molecule has 2 N–H and O–H groups in total. The van der Waals surface area contributed by atoms with Crippen molar-refractivity contribution in [2.24, 2.45) is 0 Å². The summed E-state index contributed by atoms with van der Waals surface area (Å²) in [7, 11) is 1.90. The van der Waals surface area contributed by atoms with E-state index in [2.05, 4.69) is 15.3 Å². The molecule has 0 saturated carbocycles. The van der Waals surface area contributed by atoms with Crippen LogP contribution in [0, 0.1) is 0 Å². The number of anilines is 2. The van der Waals surface area contributed by atoms with Crippen molar-refractivity contribution in [2.75, 3.05) is 30.4 Å². The van der Waals surface area contributed by atoms with Crippen LogP contribution in [0.15, 0.2) is 48.9 Å². The number of nitrogens with one attached hydrogen (secondary N) is 1. The van der Waals surface area contributed by atoms with Crippen LogP contribution in [0.25, 0.3) is 5.78 Å². The summed E-state index contributed by atoms with van der Waals surface area (Å²) in [4.78, 5) is 22.4. The second kappa shape index (κ2) is 6.45. The highest BCUT2D eigenvalue weighted by molar-refractivity contribution is 6.03. The molecule has 0 aliphatic heterocycles. The fraction of sp³-hybridized carbons (Fsp3) is 0.188. The van der Waals surface area contributed by atoms with E-state index in [9.17, 15) is 4.79 Å². The van der Waals surface area contributed by atoms with E-state index in [4.69, 9.17) is 5.11 Å². The summed E-state index contributed by atoms with van der Waals surface area (Å²) < 4.78 is 1.70. The molecule has 118 valence electrons. The SMILES string of the molecule is CN(CCO)c1ccc(NC(=O)c2cn3cccnc3n2)cc1. The summed E-state index contributed by atoms with van der Waals surface area (Å²) >= 11 is 0. The molecule has 1 amide bonds. The number of benzene rings is 1. The molecule has 0 atom stereocenters. The highest BCUT2D eigenvalue weighted by Gasteiger charge is 2.11. The molecule has 2 heterocycles. The van der Waals surface area contributed by atoms with E-state index in [1.165, 1.54) is 0 Å².